The van der Waals surface area contributed by atoms with E-state index in [1.165, 1.54) is 0 Å². The first-order valence-corrected chi connectivity index (χ1v) is 6.29. The monoisotopic (exact) mass is 262 g/mol. The molecule has 0 saturated heterocycles. The topological polar surface area (TPSA) is 101 Å². The quantitative estimate of drug-likeness (QED) is 0.328. The molecule has 1 amide bonds. The average Bonchev–Trinajstić information content (AvgIpc) is 2.38. The Balaban J connectivity index is 2.09. The van der Waals surface area contributed by atoms with E-state index in [0.717, 1.165) is 12.0 Å². The number of hydrogen-bond acceptors (Lipinski definition) is 4. The molecule has 1 aliphatic rings. The van der Waals surface area contributed by atoms with Crippen molar-refractivity contribution in [1.82, 2.24) is 10.3 Å². The minimum Gasteiger partial charge on any atom is -0.409 e. The first kappa shape index (κ1) is 13.3. The van der Waals surface area contributed by atoms with Crippen LogP contribution in [-0.4, -0.2) is 21.9 Å². The maximum atomic E-state index is 12.3. The van der Waals surface area contributed by atoms with Gasteiger partial charge < -0.3 is 16.3 Å². The number of amides is 1. The summed E-state index contributed by atoms with van der Waals surface area (Å²) in [7, 11) is 0. The summed E-state index contributed by atoms with van der Waals surface area (Å²) in [5.41, 5.74) is 5.79. The molecule has 1 fully saturated rings. The van der Waals surface area contributed by atoms with Crippen molar-refractivity contribution in [2.75, 3.05) is 0 Å². The molecule has 1 aromatic rings. The highest BCUT2D eigenvalue weighted by Crippen LogP contribution is 2.41. The van der Waals surface area contributed by atoms with E-state index in [1.807, 2.05) is 19.1 Å². The normalized spacial score (nSPS) is 19.3. The van der Waals surface area contributed by atoms with Crippen LogP contribution in [0.4, 0.5) is 0 Å². The first-order chi connectivity index (χ1) is 9.10. The predicted molar refractivity (Wildman–Crippen MR) is 70.5 cm³/mol. The Kier molecular flexibility index (Phi) is 3.69. The largest absolute Gasteiger partial charge is 0.409 e. The maximum absolute atomic E-state index is 12.3. The van der Waals surface area contributed by atoms with Crippen molar-refractivity contribution in [2.45, 2.75) is 32.2 Å². The molecule has 4 N–H and O–H groups in total. The van der Waals surface area contributed by atoms with Gasteiger partial charge in [-0.1, -0.05) is 11.6 Å². The van der Waals surface area contributed by atoms with E-state index in [0.29, 0.717) is 12.8 Å². The molecule has 0 aliphatic heterocycles. The Morgan fingerprint density at radius 2 is 2.16 bits per heavy atom. The van der Waals surface area contributed by atoms with Crippen LogP contribution in [0, 0.1) is 5.41 Å². The average molecular weight is 262 g/mol. The molecule has 1 unspecified atom stereocenters. The van der Waals surface area contributed by atoms with Gasteiger partial charge in [0.05, 0.1) is 6.04 Å². The van der Waals surface area contributed by atoms with Crippen LogP contribution >= 0.6 is 0 Å². The van der Waals surface area contributed by atoms with E-state index in [2.05, 4.69) is 15.5 Å². The van der Waals surface area contributed by atoms with E-state index < -0.39 is 5.41 Å². The van der Waals surface area contributed by atoms with Crippen LogP contribution in [-0.2, 0) is 4.79 Å². The molecule has 1 aliphatic carbocycles. The van der Waals surface area contributed by atoms with Gasteiger partial charge in [0.25, 0.3) is 0 Å². The molecule has 0 aromatic carbocycles. The van der Waals surface area contributed by atoms with E-state index in [9.17, 15) is 4.79 Å². The summed E-state index contributed by atoms with van der Waals surface area (Å²) in [5, 5.41) is 14.7. The zero-order chi connectivity index (χ0) is 13.9. The third kappa shape index (κ3) is 2.38. The molecular weight excluding hydrogens is 244 g/mol. The van der Waals surface area contributed by atoms with E-state index in [-0.39, 0.29) is 17.8 Å². The number of hydrogen-bond donors (Lipinski definition) is 3. The van der Waals surface area contributed by atoms with Crippen molar-refractivity contribution < 1.29 is 10.0 Å². The molecule has 0 spiro atoms. The second-order valence-electron chi connectivity index (χ2n) is 4.90. The number of carbonyl (C=O) groups excluding carboxylic acids is 1. The van der Waals surface area contributed by atoms with Gasteiger partial charge in [-0.25, -0.2) is 0 Å². The summed E-state index contributed by atoms with van der Waals surface area (Å²) in [6, 6.07) is 3.56. The van der Waals surface area contributed by atoms with Gasteiger partial charge in [-0.3, -0.25) is 9.78 Å². The van der Waals surface area contributed by atoms with Gasteiger partial charge in [0, 0.05) is 12.4 Å². The molecule has 6 heteroatoms. The lowest BCUT2D eigenvalue weighted by Crippen LogP contribution is -2.54. The van der Waals surface area contributed by atoms with E-state index in [1.54, 1.807) is 12.4 Å². The predicted octanol–water partition coefficient (Wildman–Crippen LogP) is 1.18. The van der Waals surface area contributed by atoms with Crippen LogP contribution in [0.1, 0.15) is 37.8 Å². The number of amidine groups is 1. The minimum absolute atomic E-state index is 0.00169. The number of aromatic nitrogens is 1. The summed E-state index contributed by atoms with van der Waals surface area (Å²) in [6.07, 6.45) is 5.52. The lowest BCUT2D eigenvalue weighted by Gasteiger charge is -2.39. The SMILES string of the molecule is CC(NC(=O)C1(/C(N)=N/O)CCC1)c1ccncc1. The van der Waals surface area contributed by atoms with Gasteiger partial charge in [0.1, 0.15) is 5.41 Å². The zero-order valence-electron chi connectivity index (χ0n) is 10.8. The molecule has 19 heavy (non-hydrogen) atoms. The summed E-state index contributed by atoms with van der Waals surface area (Å²) < 4.78 is 0. The molecule has 102 valence electrons. The summed E-state index contributed by atoms with van der Waals surface area (Å²) in [6.45, 7) is 1.89. The Hall–Kier alpha value is -2.11. The molecule has 1 heterocycles. The smallest absolute Gasteiger partial charge is 0.234 e. The van der Waals surface area contributed by atoms with Gasteiger partial charge in [-0.05, 0) is 37.5 Å². The number of carbonyl (C=O) groups is 1. The molecule has 6 nitrogen and oxygen atoms in total. The van der Waals surface area contributed by atoms with Crippen LogP contribution in [0.3, 0.4) is 0 Å². The van der Waals surface area contributed by atoms with Crippen LogP contribution in [0.2, 0.25) is 0 Å². The van der Waals surface area contributed by atoms with Gasteiger partial charge in [0.2, 0.25) is 5.91 Å². The van der Waals surface area contributed by atoms with Gasteiger partial charge in [-0.2, -0.15) is 0 Å². The fourth-order valence-electron chi connectivity index (χ4n) is 2.30. The molecule has 1 atom stereocenters. The highest BCUT2D eigenvalue weighted by atomic mass is 16.4. The minimum atomic E-state index is -0.837. The second-order valence-corrected chi connectivity index (χ2v) is 4.90. The van der Waals surface area contributed by atoms with E-state index in [4.69, 9.17) is 10.9 Å². The highest BCUT2D eigenvalue weighted by Gasteiger charge is 2.48. The van der Waals surface area contributed by atoms with Crippen molar-refractivity contribution in [2.24, 2.45) is 16.3 Å². The number of pyridine rings is 1. The highest BCUT2D eigenvalue weighted by molar-refractivity contribution is 6.07. The number of nitrogens with two attached hydrogens (primary N) is 1. The first-order valence-electron chi connectivity index (χ1n) is 6.29. The molecule has 0 bridgehead atoms. The Morgan fingerprint density at radius 3 is 2.63 bits per heavy atom. The molecular formula is C13H18N4O2. The molecule has 0 radical (unpaired) electrons. The van der Waals surface area contributed by atoms with Crippen molar-refractivity contribution >= 4 is 11.7 Å². The Labute approximate surface area is 111 Å². The summed E-state index contributed by atoms with van der Waals surface area (Å²) in [5.74, 6) is -0.184. The standard InChI is InChI=1S/C13H18N4O2/c1-9(10-3-7-15-8-4-10)16-12(18)13(5-2-6-13)11(14)17-19/h3-4,7-9,19H,2,5-6H2,1H3,(H2,14,17)(H,16,18). The maximum Gasteiger partial charge on any atom is 0.234 e. The van der Waals surface area contributed by atoms with Crippen molar-refractivity contribution in [3.05, 3.63) is 30.1 Å². The second kappa shape index (κ2) is 5.26. The van der Waals surface area contributed by atoms with E-state index >= 15 is 0 Å². The van der Waals surface area contributed by atoms with Crippen molar-refractivity contribution in [1.29, 1.82) is 0 Å². The van der Waals surface area contributed by atoms with Gasteiger partial charge >= 0.3 is 0 Å². The third-order valence-electron chi connectivity index (χ3n) is 3.79. The number of oxime groups is 1. The van der Waals surface area contributed by atoms with Crippen LogP contribution in [0.15, 0.2) is 29.7 Å². The zero-order valence-corrected chi connectivity index (χ0v) is 10.8. The van der Waals surface area contributed by atoms with Crippen molar-refractivity contribution in [3.63, 3.8) is 0 Å². The summed E-state index contributed by atoms with van der Waals surface area (Å²) in [4.78, 5) is 16.3. The Bertz CT molecular complexity index is 483. The number of rotatable bonds is 4. The fourth-order valence-corrected chi connectivity index (χ4v) is 2.30. The molecule has 2 rings (SSSR count). The van der Waals surface area contributed by atoms with Crippen LogP contribution < -0.4 is 11.1 Å². The van der Waals surface area contributed by atoms with Crippen molar-refractivity contribution in [3.8, 4) is 0 Å². The Morgan fingerprint density at radius 1 is 1.53 bits per heavy atom. The fraction of sp³-hybridized carbons (Fsp3) is 0.462. The summed E-state index contributed by atoms with van der Waals surface area (Å²) >= 11 is 0. The number of nitrogens with one attached hydrogen (secondary N) is 1. The van der Waals surface area contributed by atoms with Crippen LogP contribution in [0.25, 0.3) is 0 Å². The molecule has 1 aromatic heterocycles. The van der Waals surface area contributed by atoms with Gasteiger partial charge in [0.15, 0.2) is 5.84 Å². The third-order valence-corrected chi connectivity index (χ3v) is 3.79. The lowest BCUT2D eigenvalue weighted by atomic mass is 9.67. The molecule has 1 saturated carbocycles. The number of nitrogens with zero attached hydrogens (tertiary/aromatic N) is 2. The van der Waals surface area contributed by atoms with Crippen LogP contribution in [0.5, 0.6) is 0 Å². The van der Waals surface area contributed by atoms with Gasteiger partial charge in [-0.15, -0.1) is 0 Å². The lowest BCUT2D eigenvalue weighted by molar-refractivity contribution is -0.131.